The molecule has 1 N–H and O–H groups in total. The highest BCUT2D eigenvalue weighted by Gasteiger charge is 2.29. The first-order valence-electron chi connectivity index (χ1n) is 7.01. The van der Waals surface area contributed by atoms with Crippen molar-refractivity contribution in [1.29, 1.82) is 0 Å². The molecule has 3 aromatic rings. The summed E-state index contributed by atoms with van der Waals surface area (Å²) in [5.74, 6) is 0.665. The Balaban J connectivity index is 2.12. The zero-order valence-corrected chi connectivity index (χ0v) is 13.1. The molecule has 0 bridgehead atoms. The minimum absolute atomic E-state index is 0.171. The second-order valence-electron chi connectivity index (χ2n) is 4.77. The first kappa shape index (κ1) is 14.5. The van der Waals surface area contributed by atoms with Gasteiger partial charge in [-0.25, -0.2) is 0 Å². The molecule has 0 unspecified atom stereocenters. The molecule has 0 saturated carbocycles. The molecule has 0 saturated heterocycles. The topological polar surface area (TPSA) is 29.5 Å². The lowest BCUT2D eigenvalue weighted by molar-refractivity contribution is 0.372. The lowest BCUT2D eigenvalue weighted by Gasteiger charge is -2.09. The van der Waals surface area contributed by atoms with E-state index >= 15 is 0 Å². The Bertz CT molecular complexity index is 702. The second kappa shape index (κ2) is 6.58. The lowest BCUT2D eigenvalue weighted by atomic mass is 10.3. The summed E-state index contributed by atoms with van der Waals surface area (Å²) in [4.78, 5) is 3.51. The molecule has 2 nitrogen and oxygen atoms in total. The summed E-state index contributed by atoms with van der Waals surface area (Å²) in [7, 11) is 1.31. The van der Waals surface area contributed by atoms with E-state index in [2.05, 4.69) is 24.3 Å². The molecule has 0 aliphatic heterocycles. The summed E-state index contributed by atoms with van der Waals surface area (Å²) >= 11 is 0. The quantitative estimate of drug-likeness (QED) is 0.719. The van der Waals surface area contributed by atoms with Crippen LogP contribution in [0.15, 0.2) is 93.5 Å². The van der Waals surface area contributed by atoms with Crippen LogP contribution in [0.3, 0.4) is 0 Å². The molecule has 0 amide bonds. The van der Waals surface area contributed by atoms with Gasteiger partial charge in [0.1, 0.15) is 0 Å². The van der Waals surface area contributed by atoms with E-state index in [1.807, 2.05) is 48.5 Å². The first-order valence-corrected chi connectivity index (χ1v) is 8.23. The van der Waals surface area contributed by atoms with Crippen LogP contribution < -0.4 is 4.74 Å². The normalized spacial score (nSPS) is 10.6. The van der Waals surface area contributed by atoms with Crippen molar-refractivity contribution < 1.29 is 9.84 Å². The van der Waals surface area contributed by atoms with Gasteiger partial charge in [-0.15, -0.1) is 0 Å². The maximum Gasteiger partial charge on any atom is 0.170 e. The SMILES string of the molecule is COc1ccc([S+](c2ccccc2)c2ccccc2)cc1O. The summed E-state index contributed by atoms with van der Waals surface area (Å²) in [6.45, 7) is 0. The van der Waals surface area contributed by atoms with Gasteiger partial charge >= 0.3 is 0 Å². The molecular weight excluding hydrogens is 292 g/mol. The standard InChI is InChI=1S/C19H16O2S/c1-21-19-13-12-17(14-18(19)20)22(15-8-4-2-5-9-15)16-10-6-3-7-11-16/h2-14H,1H3/p+1. The Labute approximate surface area is 133 Å². The second-order valence-corrected chi connectivity index (χ2v) is 6.79. The molecule has 0 heterocycles. The fourth-order valence-electron chi connectivity index (χ4n) is 2.32. The van der Waals surface area contributed by atoms with Gasteiger partial charge in [-0.1, -0.05) is 36.4 Å². The fraction of sp³-hybridized carbons (Fsp3) is 0.0526. The molecule has 3 rings (SSSR count). The maximum absolute atomic E-state index is 10.1. The van der Waals surface area contributed by atoms with Crippen molar-refractivity contribution in [1.82, 2.24) is 0 Å². The third-order valence-electron chi connectivity index (χ3n) is 3.34. The number of phenolic OH excluding ortho intramolecular Hbond substituents is 1. The van der Waals surface area contributed by atoms with Crippen LogP contribution in [-0.2, 0) is 10.9 Å². The summed E-state index contributed by atoms with van der Waals surface area (Å²) in [6, 6.07) is 26.3. The van der Waals surface area contributed by atoms with E-state index in [-0.39, 0.29) is 16.6 Å². The highest BCUT2D eigenvalue weighted by atomic mass is 32.2. The van der Waals surface area contributed by atoms with E-state index in [1.165, 1.54) is 9.79 Å². The third-order valence-corrected chi connectivity index (χ3v) is 5.56. The van der Waals surface area contributed by atoms with Gasteiger partial charge in [-0.3, -0.25) is 0 Å². The van der Waals surface area contributed by atoms with Crippen molar-refractivity contribution in [2.24, 2.45) is 0 Å². The zero-order valence-electron chi connectivity index (χ0n) is 12.3. The Hall–Kier alpha value is -2.39. The number of rotatable bonds is 4. The van der Waals surface area contributed by atoms with Crippen molar-refractivity contribution in [2.45, 2.75) is 14.7 Å². The van der Waals surface area contributed by atoms with E-state index in [1.54, 1.807) is 13.2 Å². The number of phenols is 1. The highest BCUT2D eigenvalue weighted by molar-refractivity contribution is 7.97. The maximum atomic E-state index is 10.1. The number of methoxy groups -OCH3 is 1. The van der Waals surface area contributed by atoms with Crippen LogP contribution in [0.4, 0.5) is 0 Å². The fourth-order valence-corrected chi connectivity index (χ4v) is 4.43. The van der Waals surface area contributed by atoms with Crippen LogP contribution in [0, 0.1) is 0 Å². The van der Waals surface area contributed by atoms with Crippen LogP contribution >= 0.6 is 0 Å². The largest absolute Gasteiger partial charge is 0.504 e. The predicted octanol–water partition coefficient (Wildman–Crippen LogP) is 4.50. The lowest BCUT2D eigenvalue weighted by Crippen LogP contribution is -2.04. The molecule has 110 valence electrons. The molecule has 0 atom stereocenters. The van der Waals surface area contributed by atoms with Gasteiger partial charge in [0.05, 0.1) is 18.0 Å². The Morgan fingerprint density at radius 2 is 1.27 bits per heavy atom. The van der Waals surface area contributed by atoms with Gasteiger partial charge < -0.3 is 9.84 Å². The summed E-state index contributed by atoms with van der Waals surface area (Å²) < 4.78 is 5.14. The number of hydrogen-bond donors (Lipinski definition) is 1. The number of benzene rings is 3. The highest BCUT2D eigenvalue weighted by Crippen LogP contribution is 2.35. The van der Waals surface area contributed by atoms with Crippen molar-refractivity contribution in [3.63, 3.8) is 0 Å². The molecule has 0 aromatic heterocycles. The molecule has 3 heteroatoms. The van der Waals surface area contributed by atoms with Crippen LogP contribution in [0.25, 0.3) is 0 Å². The molecule has 0 radical (unpaired) electrons. The zero-order chi connectivity index (χ0) is 15.4. The minimum atomic E-state index is -0.251. The average molecular weight is 309 g/mol. The minimum Gasteiger partial charge on any atom is -0.504 e. The Morgan fingerprint density at radius 1 is 0.727 bits per heavy atom. The van der Waals surface area contributed by atoms with Crippen molar-refractivity contribution in [3.05, 3.63) is 78.9 Å². The molecule has 0 spiro atoms. The van der Waals surface area contributed by atoms with Crippen molar-refractivity contribution in [2.75, 3.05) is 7.11 Å². The number of hydrogen-bond acceptors (Lipinski definition) is 2. The van der Waals surface area contributed by atoms with Gasteiger partial charge in [0.15, 0.2) is 26.2 Å². The van der Waals surface area contributed by atoms with E-state index in [9.17, 15) is 5.11 Å². The van der Waals surface area contributed by atoms with Gasteiger partial charge in [0.25, 0.3) is 0 Å². The van der Waals surface area contributed by atoms with Gasteiger partial charge in [-0.2, -0.15) is 0 Å². The molecule has 0 fully saturated rings. The van der Waals surface area contributed by atoms with Gasteiger partial charge in [-0.05, 0) is 36.4 Å². The summed E-state index contributed by atoms with van der Waals surface area (Å²) in [5.41, 5.74) is 0. The third kappa shape index (κ3) is 2.95. The molecular formula is C19H17O2S+. The van der Waals surface area contributed by atoms with E-state index in [0.29, 0.717) is 5.75 Å². The van der Waals surface area contributed by atoms with E-state index in [0.717, 1.165) is 4.90 Å². The Morgan fingerprint density at radius 3 is 1.73 bits per heavy atom. The number of aromatic hydroxyl groups is 1. The molecule has 3 aromatic carbocycles. The van der Waals surface area contributed by atoms with Crippen LogP contribution in [0.1, 0.15) is 0 Å². The Kier molecular flexibility index (Phi) is 4.35. The van der Waals surface area contributed by atoms with Crippen LogP contribution in [0.5, 0.6) is 11.5 Å². The van der Waals surface area contributed by atoms with Crippen molar-refractivity contribution >= 4 is 10.9 Å². The summed E-state index contributed by atoms with van der Waals surface area (Å²) in [5, 5.41) is 10.1. The molecule has 22 heavy (non-hydrogen) atoms. The first-order chi connectivity index (χ1) is 10.8. The molecule has 0 aliphatic rings. The average Bonchev–Trinajstić information content (AvgIpc) is 2.57. The molecule has 0 aliphatic carbocycles. The van der Waals surface area contributed by atoms with Gasteiger partial charge in [0, 0.05) is 6.07 Å². The van der Waals surface area contributed by atoms with E-state index < -0.39 is 0 Å². The van der Waals surface area contributed by atoms with Gasteiger partial charge in [0.2, 0.25) is 0 Å². The van der Waals surface area contributed by atoms with Crippen LogP contribution in [0.2, 0.25) is 0 Å². The summed E-state index contributed by atoms with van der Waals surface area (Å²) in [6.07, 6.45) is 0. The van der Waals surface area contributed by atoms with Crippen LogP contribution in [-0.4, -0.2) is 12.2 Å². The monoisotopic (exact) mass is 309 g/mol. The smallest absolute Gasteiger partial charge is 0.170 e. The predicted molar refractivity (Wildman–Crippen MR) is 89.7 cm³/mol. The number of ether oxygens (including phenoxy) is 1. The van der Waals surface area contributed by atoms with E-state index in [4.69, 9.17) is 4.74 Å². The van der Waals surface area contributed by atoms with Crippen molar-refractivity contribution in [3.8, 4) is 11.5 Å².